The van der Waals surface area contributed by atoms with Gasteiger partial charge in [0, 0.05) is 17.6 Å². The Bertz CT molecular complexity index is 1110. The molecule has 2 aromatic carbocycles. The first-order chi connectivity index (χ1) is 15.3. The highest BCUT2D eigenvalue weighted by molar-refractivity contribution is 7.92. The Balaban J connectivity index is 2.40. The molecule has 0 aliphatic heterocycles. The zero-order valence-electron chi connectivity index (χ0n) is 18.7. The summed E-state index contributed by atoms with van der Waals surface area (Å²) in [6.45, 7) is 4.59. The van der Waals surface area contributed by atoms with Crippen LogP contribution in [0.1, 0.15) is 26.3 Å². The first kappa shape index (κ1) is 26.9. The molecule has 11 heteroatoms. The molecule has 0 aromatic heterocycles. The predicted molar refractivity (Wildman–Crippen MR) is 128 cm³/mol. The molecule has 0 heterocycles. The molecule has 0 fully saturated rings. The largest absolute Gasteiger partial charge is 0.352 e. The van der Waals surface area contributed by atoms with Gasteiger partial charge in [0.25, 0.3) is 0 Å². The number of hydrogen-bond acceptors (Lipinski definition) is 4. The second-order valence-corrected chi connectivity index (χ2v) is 10.6. The van der Waals surface area contributed by atoms with Crippen molar-refractivity contribution in [1.82, 2.24) is 10.2 Å². The first-order valence-corrected chi connectivity index (χ1v) is 12.7. The van der Waals surface area contributed by atoms with Crippen LogP contribution in [-0.2, 0) is 26.2 Å². The lowest BCUT2D eigenvalue weighted by Gasteiger charge is -2.32. The summed E-state index contributed by atoms with van der Waals surface area (Å²) in [5, 5.41) is 2.99. The molecule has 0 radical (unpaired) electrons. The molecule has 7 nitrogen and oxygen atoms in total. The molecule has 0 saturated heterocycles. The molecule has 2 aromatic rings. The zero-order valence-corrected chi connectivity index (χ0v) is 21.0. The highest BCUT2D eigenvalue weighted by Gasteiger charge is 2.30. The number of benzene rings is 2. The maximum atomic E-state index is 13.6. The Morgan fingerprint density at radius 2 is 1.67 bits per heavy atom. The van der Waals surface area contributed by atoms with E-state index in [1.54, 1.807) is 45.0 Å². The second kappa shape index (κ2) is 11.2. The Hall–Kier alpha value is -2.36. The van der Waals surface area contributed by atoms with E-state index in [2.05, 4.69) is 5.32 Å². The van der Waals surface area contributed by atoms with Crippen molar-refractivity contribution in [2.24, 2.45) is 0 Å². The average molecular weight is 518 g/mol. The van der Waals surface area contributed by atoms with Gasteiger partial charge in [0.15, 0.2) is 0 Å². The van der Waals surface area contributed by atoms with Crippen molar-refractivity contribution in [2.45, 2.75) is 39.4 Å². The summed E-state index contributed by atoms with van der Waals surface area (Å²) in [5.74, 6) is -1.73. The zero-order chi connectivity index (χ0) is 24.9. The number of nitrogens with zero attached hydrogens (tertiary/aromatic N) is 2. The molecule has 33 heavy (non-hydrogen) atoms. The van der Waals surface area contributed by atoms with E-state index in [1.165, 1.54) is 11.0 Å². The molecule has 0 aliphatic rings. The van der Waals surface area contributed by atoms with Gasteiger partial charge in [-0.05, 0) is 56.7 Å². The van der Waals surface area contributed by atoms with E-state index < -0.39 is 34.3 Å². The van der Waals surface area contributed by atoms with Gasteiger partial charge in [0.1, 0.15) is 18.4 Å². The van der Waals surface area contributed by atoms with E-state index in [-0.39, 0.29) is 29.2 Å². The summed E-state index contributed by atoms with van der Waals surface area (Å²) >= 11 is 11.7. The Kier molecular flexibility index (Phi) is 9.11. The molecule has 0 spiro atoms. The van der Waals surface area contributed by atoms with Gasteiger partial charge in [0.2, 0.25) is 21.8 Å². The van der Waals surface area contributed by atoms with Crippen LogP contribution >= 0.6 is 23.2 Å². The van der Waals surface area contributed by atoms with E-state index in [4.69, 9.17) is 23.2 Å². The second-order valence-electron chi connectivity index (χ2n) is 7.86. The lowest BCUT2D eigenvalue weighted by Crippen LogP contribution is -2.52. The molecule has 0 saturated carbocycles. The smallest absolute Gasteiger partial charge is 0.244 e. The van der Waals surface area contributed by atoms with Crippen LogP contribution in [-0.4, -0.2) is 50.0 Å². The minimum Gasteiger partial charge on any atom is -0.352 e. The number of nitrogens with one attached hydrogen (secondary N) is 1. The lowest BCUT2D eigenvalue weighted by atomic mass is 10.1. The molecule has 2 amide bonds. The van der Waals surface area contributed by atoms with Gasteiger partial charge in [-0.1, -0.05) is 35.3 Å². The van der Waals surface area contributed by atoms with Crippen molar-refractivity contribution in [3.05, 3.63) is 63.9 Å². The Morgan fingerprint density at radius 1 is 1.06 bits per heavy atom. The third-order valence-electron chi connectivity index (χ3n) is 4.73. The van der Waals surface area contributed by atoms with E-state index in [9.17, 15) is 22.4 Å². The summed E-state index contributed by atoms with van der Waals surface area (Å²) in [6, 6.07) is 9.05. The molecule has 1 N–H and O–H groups in total. The fourth-order valence-corrected chi connectivity index (χ4v) is 4.17. The standard InChI is InChI=1S/C22H26Cl2FN3O4S/c1-14(2)26-22(30)15(3)27(12-16-5-7-17(23)8-6-16)21(29)13-28(33(4,31)32)18-9-10-20(25)19(24)11-18/h5-11,14-15H,12-13H2,1-4H3,(H,26,30)/t15-/m0/s1. The summed E-state index contributed by atoms with van der Waals surface area (Å²) in [5.41, 5.74) is 0.732. The van der Waals surface area contributed by atoms with Crippen molar-refractivity contribution in [3.63, 3.8) is 0 Å². The lowest BCUT2D eigenvalue weighted by molar-refractivity contribution is -0.139. The molecule has 0 bridgehead atoms. The Labute approximate surface area is 203 Å². The normalized spacial score (nSPS) is 12.4. The van der Waals surface area contributed by atoms with Crippen LogP contribution in [0.25, 0.3) is 0 Å². The van der Waals surface area contributed by atoms with Crippen LogP contribution in [0.4, 0.5) is 10.1 Å². The minimum absolute atomic E-state index is 0.0305. The fraction of sp³-hybridized carbons (Fsp3) is 0.364. The molecule has 2 rings (SSSR count). The maximum Gasteiger partial charge on any atom is 0.244 e. The number of halogens is 3. The van der Waals surface area contributed by atoms with Crippen LogP contribution in [0, 0.1) is 5.82 Å². The van der Waals surface area contributed by atoms with Crippen LogP contribution in [0.15, 0.2) is 42.5 Å². The quantitative estimate of drug-likeness (QED) is 0.547. The van der Waals surface area contributed by atoms with E-state index >= 15 is 0 Å². The molecular formula is C22H26Cl2FN3O4S. The summed E-state index contributed by atoms with van der Waals surface area (Å²) < 4.78 is 39.3. The topological polar surface area (TPSA) is 86.8 Å². The van der Waals surface area contributed by atoms with Crippen molar-refractivity contribution < 1.29 is 22.4 Å². The number of amides is 2. The molecule has 1 atom stereocenters. The number of rotatable bonds is 9. The minimum atomic E-state index is -3.93. The van der Waals surface area contributed by atoms with Gasteiger partial charge >= 0.3 is 0 Å². The third kappa shape index (κ3) is 7.58. The Morgan fingerprint density at radius 3 is 2.18 bits per heavy atom. The molecule has 180 valence electrons. The van der Waals surface area contributed by atoms with Crippen LogP contribution in [0.2, 0.25) is 10.0 Å². The average Bonchev–Trinajstić information content (AvgIpc) is 2.71. The van der Waals surface area contributed by atoms with Crippen molar-refractivity contribution >= 4 is 50.7 Å². The number of carbonyl (C=O) groups is 2. The van der Waals surface area contributed by atoms with Crippen LogP contribution in [0.5, 0.6) is 0 Å². The highest BCUT2D eigenvalue weighted by Crippen LogP contribution is 2.25. The van der Waals surface area contributed by atoms with Crippen molar-refractivity contribution in [2.75, 3.05) is 17.1 Å². The van der Waals surface area contributed by atoms with Crippen molar-refractivity contribution in [1.29, 1.82) is 0 Å². The number of carbonyl (C=O) groups excluding carboxylic acids is 2. The van der Waals surface area contributed by atoms with Crippen LogP contribution < -0.4 is 9.62 Å². The predicted octanol–water partition coefficient (Wildman–Crippen LogP) is 3.84. The highest BCUT2D eigenvalue weighted by atomic mass is 35.5. The third-order valence-corrected chi connectivity index (χ3v) is 6.42. The van der Waals surface area contributed by atoms with Crippen molar-refractivity contribution in [3.8, 4) is 0 Å². The SMILES string of the molecule is CC(C)NC(=O)[C@H](C)N(Cc1ccc(Cl)cc1)C(=O)CN(c1ccc(F)c(Cl)c1)S(C)(=O)=O. The van der Waals surface area contributed by atoms with E-state index in [0.717, 1.165) is 22.7 Å². The van der Waals surface area contributed by atoms with Gasteiger partial charge in [-0.3, -0.25) is 13.9 Å². The van der Waals surface area contributed by atoms with Crippen LogP contribution in [0.3, 0.4) is 0 Å². The summed E-state index contributed by atoms with van der Waals surface area (Å²) in [4.78, 5) is 27.3. The summed E-state index contributed by atoms with van der Waals surface area (Å²) in [7, 11) is -3.93. The number of anilines is 1. The number of hydrogen-bond donors (Lipinski definition) is 1. The molecule has 0 aliphatic carbocycles. The van der Waals surface area contributed by atoms with E-state index in [1.807, 2.05) is 0 Å². The monoisotopic (exact) mass is 517 g/mol. The van der Waals surface area contributed by atoms with Gasteiger partial charge in [-0.25, -0.2) is 12.8 Å². The van der Waals surface area contributed by atoms with Gasteiger partial charge in [-0.2, -0.15) is 0 Å². The van der Waals surface area contributed by atoms with E-state index in [0.29, 0.717) is 10.6 Å². The van der Waals surface area contributed by atoms with Gasteiger partial charge < -0.3 is 10.2 Å². The summed E-state index contributed by atoms with van der Waals surface area (Å²) in [6.07, 6.45) is 0.927. The molecule has 0 unspecified atom stereocenters. The maximum absolute atomic E-state index is 13.6. The fourth-order valence-electron chi connectivity index (χ4n) is 3.03. The first-order valence-electron chi connectivity index (χ1n) is 10.1. The molecular weight excluding hydrogens is 492 g/mol. The van der Waals surface area contributed by atoms with Gasteiger partial charge in [0.05, 0.1) is 17.0 Å². The number of sulfonamides is 1. The van der Waals surface area contributed by atoms with Gasteiger partial charge in [-0.15, -0.1) is 0 Å².